The predicted molar refractivity (Wildman–Crippen MR) is 74.4 cm³/mol. The number of nitrogens with one attached hydrogen (secondary N) is 1. The van der Waals surface area contributed by atoms with E-state index in [0.29, 0.717) is 5.37 Å². The van der Waals surface area contributed by atoms with E-state index in [1.807, 2.05) is 25.6 Å². The molecule has 2 heterocycles. The molecule has 0 aromatic carbocycles. The van der Waals surface area contributed by atoms with E-state index in [-0.39, 0.29) is 0 Å². The first kappa shape index (κ1) is 11.6. The Labute approximate surface area is 105 Å². The Morgan fingerprint density at radius 1 is 1.31 bits per heavy atom. The highest BCUT2D eigenvalue weighted by molar-refractivity contribution is 8.03. The van der Waals surface area contributed by atoms with Crippen LogP contribution in [0.15, 0.2) is 51.7 Å². The average molecular weight is 249 g/mol. The largest absolute Gasteiger partial charge is 0.368 e. The van der Waals surface area contributed by atoms with Crippen LogP contribution >= 0.6 is 23.1 Å². The van der Waals surface area contributed by atoms with Crippen LogP contribution in [0.2, 0.25) is 0 Å². The molecular formula is C13H15NS2. The molecule has 0 fully saturated rings. The van der Waals surface area contributed by atoms with Gasteiger partial charge in [-0.3, -0.25) is 0 Å². The lowest BCUT2D eigenvalue weighted by Crippen LogP contribution is -2.12. The van der Waals surface area contributed by atoms with Crippen molar-refractivity contribution < 1.29 is 0 Å². The molecule has 3 heteroatoms. The predicted octanol–water partition coefficient (Wildman–Crippen LogP) is 4.45. The standard InChI is InChI=1S/C13H15NS2/c1-8(2)11-12(9(3)4)16-13(14-11)10-5-6-15-7-10/h5-7,13-14H,1,3H2,2,4H3. The minimum absolute atomic E-state index is 0.310. The van der Waals surface area contributed by atoms with Crippen LogP contribution in [0, 0.1) is 0 Å². The van der Waals surface area contributed by atoms with Crippen LogP contribution in [0.1, 0.15) is 24.8 Å². The molecule has 1 aromatic heterocycles. The van der Waals surface area contributed by atoms with Gasteiger partial charge >= 0.3 is 0 Å². The van der Waals surface area contributed by atoms with E-state index < -0.39 is 0 Å². The zero-order chi connectivity index (χ0) is 11.7. The zero-order valence-corrected chi connectivity index (χ0v) is 11.2. The van der Waals surface area contributed by atoms with Gasteiger partial charge in [0.05, 0.1) is 5.70 Å². The Bertz CT molecular complexity index is 428. The number of thiophene rings is 1. The summed E-state index contributed by atoms with van der Waals surface area (Å²) < 4.78 is 0. The van der Waals surface area contributed by atoms with E-state index in [2.05, 4.69) is 35.3 Å². The van der Waals surface area contributed by atoms with E-state index in [1.165, 1.54) is 10.5 Å². The van der Waals surface area contributed by atoms with Crippen molar-refractivity contribution in [3.63, 3.8) is 0 Å². The van der Waals surface area contributed by atoms with Crippen molar-refractivity contribution in [3.05, 3.63) is 57.3 Å². The lowest BCUT2D eigenvalue weighted by Gasteiger charge is -2.10. The second-order valence-electron chi connectivity index (χ2n) is 3.96. The summed E-state index contributed by atoms with van der Waals surface area (Å²) in [4.78, 5) is 1.24. The van der Waals surface area contributed by atoms with Gasteiger partial charge in [-0.25, -0.2) is 0 Å². The number of hydrogen-bond donors (Lipinski definition) is 1. The smallest absolute Gasteiger partial charge is 0.104 e. The summed E-state index contributed by atoms with van der Waals surface area (Å²) in [6, 6.07) is 2.16. The maximum atomic E-state index is 4.03. The summed E-state index contributed by atoms with van der Waals surface area (Å²) in [5.41, 5.74) is 4.65. The van der Waals surface area contributed by atoms with Crippen LogP contribution < -0.4 is 5.32 Å². The van der Waals surface area contributed by atoms with Crippen molar-refractivity contribution >= 4 is 23.1 Å². The molecule has 0 spiro atoms. The van der Waals surface area contributed by atoms with Crippen LogP contribution in [-0.4, -0.2) is 0 Å². The van der Waals surface area contributed by atoms with Crippen molar-refractivity contribution in [3.8, 4) is 0 Å². The quantitative estimate of drug-likeness (QED) is 0.849. The first-order chi connectivity index (χ1) is 7.59. The molecule has 1 atom stereocenters. The molecule has 1 aliphatic heterocycles. The highest BCUT2D eigenvalue weighted by Crippen LogP contribution is 2.45. The van der Waals surface area contributed by atoms with Gasteiger partial charge in [0.15, 0.2) is 0 Å². The lowest BCUT2D eigenvalue weighted by molar-refractivity contribution is 0.819. The van der Waals surface area contributed by atoms with Gasteiger partial charge in [-0.1, -0.05) is 24.9 Å². The Morgan fingerprint density at radius 2 is 2.06 bits per heavy atom. The van der Waals surface area contributed by atoms with Crippen LogP contribution in [0.4, 0.5) is 0 Å². The monoisotopic (exact) mass is 249 g/mol. The van der Waals surface area contributed by atoms with Crippen LogP contribution in [0.5, 0.6) is 0 Å². The summed E-state index contributed by atoms with van der Waals surface area (Å²) in [5.74, 6) is 0. The van der Waals surface area contributed by atoms with E-state index in [1.54, 1.807) is 11.3 Å². The maximum Gasteiger partial charge on any atom is 0.104 e. The van der Waals surface area contributed by atoms with Crippen LogP contribution in [0.3, 0.4) is 0 Å². The van der Waals surface area contributed by atoms with Gasteiger partial charge in [-0.05, 0) is 47.4 Å². The van der Waals surface area contributed by atoms with Crippen molar-refractivity contribution in [2.24, 2.45) is 0 Å². The topological polar surface area (TPSA) is 12.0 Å². The van der Waals surface area contributed by atoms with E-state index in [4.69, 9.17) is 0 Å². The van der Waals surface area contributed by atoms with Crippen LogP contribution in [-0.2, 0) is 0 Å². The molecule has 1 aliphatic rings. The lowest BCUT2D eigenvalue weighted by atomic mass is 10.2. The maximum absolute atomic E-state index is 4.03. The Balaban J connectivity index is 2.26. The molecule has 0 saturated carbocycles. The zero-order valence-electron chi connectivity index (χ0n) is 9.54. The van der Waals surface area contributed by atoms with Crippen molar-refractivity contribution in [1.29, 1.82) is 0 Å². The molecular weight excluding hydrogens is 234 g/mol. The molecule has 1 nitrogen and oxygen atoms in total. The molecule has 2 rings (SSSR count). The van der Waals surface area contributed by atoms with E-state index >= 15 is 0 Å². The van der Waals surface area contributed by atoms with Crippen molar-refractivity contribution in [1.82, 2.24) is 5.32 Å². The fourth-order valence-corrected chi connectivity index (χ4v) is 3.63. The van der Waals surface area contributed by atoms with E-state index in [0.717, 1.165) is 16.8 Å². The summed E-state index contributed by atoms with van der Waals surface area (Å²) >= 11 is 3.56. The van der Waals surface area contributed by atoms with Gasteiger partial charge < -0.3 is 5.32 Å². The highest BCUT2D eigenvalue weighted by atomic mass is 32.2. The van der Waals surface area contributed by atoms with Gasteiger partial charge in [-0.2, -0.15) is 11.3 Å². The SMILES string of the molecule is C=C(C)C1=C(C(=C)C)SC(c2ccsc2)N1. The molecule has 1 unspecified atom stereocenters. The van der Waals surface area contributed by atoms with Crippen molar-refractivity contribution in [2.45, 2.75) is 19.2 Å². The summed E-state index contributed by atoms with van der Waals surface area (Å²) in [6.07, 6.45) is 0. The van der Waals surface area contributed by atoms with Gasteiger partial charge in [0.25, 0.3) is 0 Å². The number of allylic oxidation sites excluding steroid dienone is 2. The third-order valence-corrected chi connectivity index (χ3v) is 4.51. The third kappa shape index (κ3) is 2.11. The number of rotatable bonds is 3. The molecule has 84 valence electrons. The molecule has 0 aliphatic carbocycles. The van der Waals surface area contributed by atoms with Crippen molar-refractivity contribution in [2.75, 3.05) is 0 Å². The summed E-state index contributed by atoms with van der Waals surface area (Å²) in [7, 11) is 0. The van der Waals surface area contributed by atoms with Gasteiger partial charge in [-0.15, -0.1) is 0 Å². The fraction of sp³-hybridized carbons (Fsp3) is 0.231. The summed E-state index contributed by atoms with van der Waals surface area (Å²) in [5, 5.41) is 8.11. The first-order valence-electron chi connectivity index (χ1n) is 5.11. The third-order valence-electron chi connectivity index (χ3n) is 2.40. The molecule has 0 saturated heterocycles. The molecule has 1 aromatic rings. The normalized spacial score (nSPS) is 19.8. The minimum Gasteiger partial charge on any atom is -0.368 e. The molecule has 1 N–H and O–H groups in total. The van der Waals surface area contributed by atoms with Gasteiger partial charge in [0.2, 0.25) is 0 Å². The molecule has 0 radical (unpaired) electrons. The first-order valence-corrected chi connectivity index (χ1v) is 6.93. The van der Waals surface area contributed by atoms with Gasteiger partial charge in [0, 0.05) is 4.91 Å². The Hall–Kier alpha value is -0.930. The molecule has 16 heavy (non-hydrogen) atoms. The van der Waals surface area contributed by atoms with Gasteiger partial charge in [0.1, 0.15) is 5.37 Å². The fourth-order valence-electron chi connectivity index (χ4n) is 1.61. The molecule has 0 amide bonds. The average Bonchev–Trinajstić information content (AvgIpc) is 2.86. The van der Waals surface area contributed by atoms with Crippen LogP contribution in [0.25, 0.3) is 0 Å². The Morgan fingerprint density at radius 3 is 2.50 bits per heavy atom. The highest BCUT2D eigenvalue weighted by Gasteiger charge is 2.26. The molecule has 0 bridgehead atoms. The second kappa shape index (κ2) is 4.52. The van der Waals surface area contributed by atoms with E-state index in [9.17, 15) is 0 Å². The number of thioether (sulfide) groups is 1. The Kier molecular flexibility index (Phi) is 3.26. The second-order valence-corrected chi connectivity index (χ2v) is 5.86. The number of hydrogen-bond acceptors (Lipinski definition) is 3. The minimum atomic E-state index is 0.310. The summed E-state index contributed by atoms with van der Waals surface area (Å²) in [6.45, 7) is 12.1.